The minimum atomic E-state index is 0.401. The third kappa shape index (κ3) is 5.07. The lowest BCUT2D eigenvalue weighted by molar-refractivity contribution is 0.337. The van der Waals surface area contributed by atoms with E-state index in [1.165, 1.54) is 5.56 Å². The average Bonchev–Trinajstić information content (AvgIpc) is 2.35. The molecule has 102 valence electrons. The van der Waals surface area contributed by atoms with Gasteiger partial charge < -0.3 is 15.0 Å². The molecule has 1 atom stereocenters. The number of hydrogen-bond donors (Lipinski definition) is 1. The van der Waals surface area contributed by atoms with E-state index in [0.29, 0.717) is 12.6 Å². The van der Waals surface area contributed by atoms with Crippen molar-refractivity contribution in [2.24, 2.45) is 0 Å². The van der Waals surface area contributed by atoms with Crippen molar-refractivity contribution in [3.05, 3.63) is 29.8 Å². The highest BCUT2D eigenvalue weighted by molar-refractivity contribution is 5.30. The maximum Gasteiger partial charge on any atom is 0.119 e. The van der Waals surface area contributed by atoms with Gasteiger partial charge in [-0.15, -0.1) is 0 Å². The second-order valence-electron chi connectivity index (χ2n) is 4.71. The van der Waals surface area contributed by atoms with Crippen LogP contribution in [0.1, 0.15) is 31.9 Å². The fourth-order valence-electron chi connectivity index (χ4n) is 2.01. The summed E-state index contributed by atoms with van der Waals surface area (Å²) in [5, 5.41) is 3.54. The number of nitrogens with zero attached hydrogens (tertiary/aromatic N) is 1. The van der Waals surface area contributed by atoms with Crippen LogP contribution in [0.2, 0.25) is 0 Å². The van der Waals surface area contributed by atoms with Crippen molar-refractivity contribution in [1.29, 1.82) is 0 Å². The van der Waals surface area contributed by atoms with Crippen molar-refractivity contribution >= 4 is 0 Å². The van der Waals surface area contributed by atoms with Crippen LogP contribution in [-0.4, -0.2) is 38.7 Å². The van der Waals surface area contributed by atoms with Crippen LogP contribution in [0.4, 0.5) is 0 Å². The van der Waals surface area contributed by atoms with Gasteiger partial charge in [0.25, 0.3) is 0 Å². The Kier molecular flexibility index (Phi) is 6.76. The van der Waals surface area contributed by atoms with Crippen LogP contribution in [0, 0.1) is 0 Å². The van der Waals surface area contributed by atoms with Crippen molar-refractivity contribution in [3.63, 3.8) is 0 Å². The molecule has 1 unspecified atom stereocenters. The first-order chi connectivity index (χ1) is 8.67. The Labute approximate surface area is 111 Å². The lowest BCUT2D eigenvalue weighted by atomic mass is 10.0. The summed E-state index contributed by atoms with van der Waals surface area (Å²) in [4.78, 5) is 2.22. The molecule has 0 spiro atoms. The molecule has 1 aromatic carbocycles. The quantitative estimate of drug-likeness (QED) is 0.767. The summed E-state index contributed by atoms with van der Waals surface area (Å²) in [5.74, 6) is 0.961. The Hall–Kier alpha value is -1.06. The van der Waals surface area contributed by atoms with Crippen molar-refractivity contribution in [2.45, 2.75) is 26.3 Å². The predicted octanol–water partition coefficient (Wildman–Crippen LogP) is 2.69. The zero-order valence-corrected chi connectivity index (χ0v) is 12.1. The van der Waals surface area contributed by atoms with Gasteiger partial charge in [0.05, 0.1) is 6.61 Å². The van der Waals surface area contributed by atoms with E-state index in [4.69, 9.17) is 4.74 Å². The fraction of sp³-hybridized carbons (Fsp3) is 0.600. The molecule has 18 heavy (non-hydrogen) atoms. The Morgan fingerprint density at radius 3 is 2.67 bits per heavy atom. The van der Waals surface area contributed by atoms with Crippen LogP contribution in [-0.2, 0) is 0 Å². The number of nitrogens with one attached hydrogen (secondary N) is 1. The molecule has 0 amide bonds. The van der Waals surface area contributed by atoms with E-state index in [1.807, 2.05) is 13.0 Å². The van der Waals surface area contributed by atoms with Gasteiger partial charge >= 0.3 is 0 Å². The molecule has 0 aromatic heterocycles. The van der Waals surface area contributed by atoms with Gasteiger partial charge in [-0.1, -0.05) is 19.1 Å². The topological polar surface area (TPSA) is 24.5 Å². The van der Waals surface area contributed by atoms with E-state index in [1.54, 1.807) is 0 Å². The monoisotopic (exact) mass is 250 g/mol. The minimum Gasteiger partial charge on any atom is -0.494 e. The Morgan fingerprint density at radius 2 is 2.06 bits per heavy atom. The first-order valence-electron chi connectivity index (χ1n) is 6.78. The SMILES string of the molecule is CCNC(CCN(C)C)c1cccc(OCC)c1. The van der Waals surface area contributed by atoms with Gasteiger partial charge in [-0.25, -0.2) is 0 Å². The summed E-state index contributed by atoms with van der Waals surface area (Å²) >= 11 is 0. The molecule has 0 aliphatic carbocycles. The molecule has 0 heterocycles. The number of rotatable bonds is 8. The first-order valence-corrected chi connectivity index (χ1v) is 6.78. The summed E-state index contributed by atoms with van der Waals surface area (Å²) in [5.41, 5.74) is 1.31. The largest absolute Gasteiger partial charge is 0.494 e. The Morgan fingerprint density at radius 1 is 1.28 bits per heavy atom. The van der Waals surface area contributed by atoms with Crippen LogP contribution in [0.5, 0.6) is 5.75 Å². The second kappa shape index (κ2) is 8.11. The molecule has 0 aliphatic heterocycles. The molecule has 3 nitrogen and oxygen atoms in total. The molecule has 1 aromatic rings. The highest BCUT2D eigenvalue weighted by Crippen LogP contribution is 2.21. The van der Waals surface area contributed by atoms with Crippen molar-refractivity contribution in [2.75, 3.05) is 33.8 Å². The smallest absolute Gasteiger partial charge is 0.119 e. The molecular weight excluding hydrogens is 224 g/mol. The van der Waals surface area contributed by atoms with Crippen LogP contribution in [0.25, 0.3) is 0 Å². The van der Waals surface area contributed by atoms with E-state index in [-0.39, 0.29) is 0 Å². The summed E-state index contributed by atoms with van der Waals surface area (Å²) in [6.45, 7) is 6.94. The minimum absolute atomic E-state index is 0.401. The Balaban J connectivity index is 2.73. The molecular formula is C15H26N2O. The highest BCUT2D eigenvalue weighted by atomic mass is 16.5. The van der Waals surface area contributed by atoms with Crippen molar-refractivity contribution in [1.82, 2.24) is 10.2 Å². The summed E-state index contributed by atoms with van der Waals surface area (Å²) < 4.78 is 5.56. The van der Waals surface area contributed by atoms with Crippen LogP contribution in [0.15, 0.2) is 24.3 Å². The maximum absolute atomic E-state index is 5.56. The second-order valence-corrected chi connectivity index (χ2v) is 4.71. The highest BCUT2D eigenvalue weighted by Gasteiger charge is 2.11. The summed E-state index contributed by atoms with van der Waals surface area (Å²) in [7, 11) is 4.22. The van der Waals surface area contributed by atoms with Gasteiger partial charge in [-0.3, -0.25) is 0 Å². The van der Waals surface area contributed by atoms with E-state index in [9.17, 15) is 0 Å². The lowest BCUT2D eigenvalue weighted by Crippen LogP contribution is -2.25. The van der Waals surface area contributed by atoms with Crippen LogP contribution >= 0.6 is 0 Å². The molecule has 0 aliphatic rings. The zero-order chi connectivity index (χ0) is 13.4. The number of hydrogen-bond acceptors (Lipinski definition) is 3. The first kappa shape index (κ1) is 15.0. The van der Waals surface area contributed by atoms with E-state index >= 15 is 0 Å². The fourth-order valence-corrected chi connectivity index (χ4v) is 2.01. The molecule has 0 saturated carbocycles. The molecule has 0 radical (unpaired) electrons. The molecule has 3 heteroatoms. The average molecular weight is 250 g/mol. The normalized spacial score (nSPS) is 12.7. The summed E-state index contributed by atoms with van der Waals surface area (Å²) in [6, 6.07) is 8.80. The predicted molar refractivity (Wildman–Crippen MR) is 77.2 cm³/mol. The summed E-state index contributed by atoms with van der Waals surface area (Å²) in [6.07, 6.45) is 1.11. The molecule has 0 bridgehead atoms. The van der Waals surface area contributed by atoms with E-state index in [2.05, 4.69) is 49.4 Å². The van der Waals surface area contributed by atoms with Gasteiger partial charge in [0.1, 0.15) is 5.75 Å². The maximum atomic E-state index is 5.56. The zero-order valence-electron chi connectivity index (χ0n) is 12.1. The van der Waals surface area contributed by atoms with Gasteiger partial charge in [0, 0.05) is 6.04 Å². The third-order valence-corrected chi connectivity index (χ3v) is 2.89. The Bertz CT molecular complexity index is 339. The third-order valence-electron chi connectivity index (χ3n) is 2.89. The van der Waals surface area contributed by atoms with Crippen LogP contribution in [0.3, 0.4) is 0 Å². The van der Waals surface area contributed by atoms with E-state index in [0.717, 1.165) is 25.3 Å². The number of benzene rings is 1. The molecule has 1 rings (SSSR count). The van der Waals surface area contributed by atoms with Crippen molar-refractivity contribution < 1.29 is 4.74 Å². The van der Waals surface area contributed by atoms with E-state index < -0.39 is 0 Å². The van der Waals surface area contributed by atoms with Gasteiger partial charge in [0.15, 0.2) is 0 Å². The van der Waals surface area contributed by atoms with Gasteiger partial charge in [-0.05, 0) is 58.2 Å². The molecule has 0 saturated heterocycles. The van der Waals surface area contributed by atoms with Gasteiger partial charge in [-0.2, -0.15) is 0 Å². The molecule has 0 fully saturated rings. The number of ether oxygens (including phenoxy) is 1. The van der Waals surface area contributed by atoms with Crippen molar-refractivity contribution in [3.8, 4) is 5.75 Å². The van der Waals surface area contributed by atoms with Gasteiger partial charge in [0.2, 0.25) is 0 Å². The lowest BCUT2D eigenvalue weighted by Gasteiger charge is -2.21. The standard InChI is InChI=1S/C15H26N2O/c1-5-16-15(10-11-17(3)4)13-8-7-9-14(12-13)18-6-2/h7-9,12,15-16H,5-6,10-11H2,1-4H3. The molecule has 1 N–H and O–H groups in total. The van der Waals surface area contributed by atoms with Crippen LogP contribution < -0.4 is 10.1 Å².